The number of carbonyl (C=O) groups is 1. The number of halogens is 4. The fourth-order valence-corrected chi connectivity index (χ4v) is 6.86. The molecule has 1 aliphatic heterocycles. The highest BCUT2D eigenvalue weighted by Crippen LogP contribution is 2.39. The second-order valence-electron chi connectivity index (χ2n) is 8.06. The van der Waals surface area contributed by atoms with E-state index in [0.29, 0.717) is 23.6 Å². The van der Waals surface area contributed by atoms with Crippen molar-refractivity contribution in [2.75, 3.05) is 13.1 Å². The van der Waals surface area contributed by atoms with Crippen molar-refractivity contribution in [2.24, 2.45) is 5.92 Å². The first-order valence-electron chi connectivity index (χ1n) is 9.89. The lowest BCUT2D eigenvalue weighted by atomic mass is 10.1. The number of amides is 1. The first-order chi connectivity index (χ1) is 14.6. The van der Waals surface area contributed by atoms with Crippen LogP contribution in [0.5, 0.6) is 0 Å². The van der Waals surface area contributed by atoms with Gasteiger partial charge in [-0.1, -0.05) is 29.3 Å². The molecule has 10 heteroatoms. The number of alkyl halides is 2. The molecule has 0 spiro atoms. The highest BCUT2D eigenvalue weighted by atomic mass is 35.5. The Kier molecular flexibility index (Phi) is 6.00. The van der Waals surface area contributed by atoms with Crippen molar-refractivity contribution in [2.45, 2.75) is 41.8 Å². The number of aromatic nitrogens is 1. The van der Waals surface area contributed by atoms with Gasteiger partial charge in [-0.05, 0) is 54.7 Å². The fourth-order valence-electron chi connectivity index (χ4n) is 4.30. The lowest BCUT2D eigenvalue weighted by Crippen LogP contribution is -2.35. The van der Waals surface area contributed by atoms with Gasteiger partial charge in [0.1, 0.15) is 5.15 Å². The van der Waals surface area contributed by atoms with E-state index >= 15 is 0 Å². The van der Waals surface area contributed by atoms with Crippen LogP contribution in [0.3, 0.4) is 0 Å². The highest BCUT2D eigenvalue weighted by Gasteiger charge is 2.45. The number of sulfone groups is 1. The monoisotopic (exact) mass is 488 g/mol. The van der Waals surface area contributed by atoms with Crippen LogP contribution in [0.1, 0.15) is 25.7 Å². The Morgan fingerprint density at radius 3 is 2.52 bits per heavy atom. The van der Waals surface area contributed by atoms with Crippen LogP contribution in [0.4, 0.5) is 8.78 Å². The van der Waals surface area contributed by atoms with Gasteiger partial charge in [-0.3, -0.25) is 4.79 Å². The molecule has 2 aliphatic rings. The summed E-state index contributed by atoms with van der Waals surface area (Å²) in [6.45, 7) is -0.585. The van der Waals surface area contributed by atoms with E-state index in [4.69, 9.17) is 23.2 Å². The Bertz CT molecular complexity index is 1130. The first-order valence-corrected chi connectivity index (χ1v) is 12.2. The molecule has 1 saturated heterocycles. The van der Waals surface area contributed by atoms with E-state index < -0.39 is 33.5 Å². The molecule has 2 atom stereocenters. The second kappa shape index (κ2) is 8.30. The molecule has 1 amide bonds. The molecule has 0 bridgehead atoms. The highest BCUT2D eigenvalue weighted by molar-refractivity contribution is 7.92. The van der Waals surface area contributed by atoms with Crippen molar-refractivity contribution >= 4 is 38.9 Å². The van der Waals surface area contributed by atoms with Crippen molar-refractivity contribution in [3.8, 4) is 11.1 Å². The Labute approximate surface area is 189 Å². The number of hydrogen-bond acceptors (Lipinski definition) is 4. The minimum atomic E-state index is -3.78. The van der Waals surface area contributed by atoms with E-state index in [-0.39, 0.29) is 35.2 Å². The maximum atomic E-state index is 13.4. The summed E-state index contributed by atoms with van der Waals surface area (Å²) in [5.41, 5.74) is 1.45. The standard InChI is InChI=1S/C21H20Cl2F2N2O3S/c22-17-10-13(14-5-7-26-19(23)11-14)2-4-18(17)31(29,30)16-3-1-15(9-16)20(28)27-8-6-21(24,25)12-27/h2,4-5,7,10-11,15-16H,1,3,6,8-9,12H2/t15-,16-/m1/s1. The number of pyridine rings is 1. The summed E-state index contributed by atoms with van der Waals surface area (Å²) in [4.78, 5) is 17.7. The molecular formula is C21H20Cl2F2N2O3S. The molecule has 4 rings (SSSR count). The van der Waals surface area contributed by atoms with Crippen LogP contribution in [-0.4, -0.2) is 48.5 Å². The van der Waals surface area contributed by atoms with Crippen molar-refractivity contribution in [3.63, 3.8) is 0 Å². The topological polar surface area (TPSA) is 67.3 Å². The lowest BCUT2D eigenvalue weighted by molar-refractivity contribution is -0.135. The normalized spacial score (nSPS) is 23.3. The molecule has 1 aromatic carbocycles. The Morgan fingerprint density at radius 1 is 1.13 bits per heavy atom. The van der Waals surface area contributed by atoms with Gasteiger partial charge in [0.25, 0.3) is 5.92 Å². The molecule has 2 aromatic rings. The minimum Gasteiger partial charge on any atom is -0.336 e. The summed E-state index contributed by atoms with van der Waals surface area (Å²) in [7, 11) is -3.78. The van der Waals surface area contributed by atoms with Gasteiger partial charge in [-0.15, -0.1) is 0 Å². The summed E-state index contributed by atoms with van der Waals surface area (Å²) in [5, 5.41) is -0.384. The largest absolute Gasteiger partial charge is 0.336 e. The Balaban J connectivity index is 1.51. The van der Waals surface area contributed by atoms with Gasteiger partial charge in [0.15, 0.2) is 9.84 Å². The third-order valence-corrected chi connectivity index (χ3v) is 8.86. The second-order valence-corrected chi connectivity index (χ2v) is 11.0. The number of likely N-dealkylation sites (tertiary alicyclic amines) is 1. The van der Waals surface area contributed by atoms with Crippen molar-refractivity contribution in [3.05, 3.63) is 46.7 Å². The average Bonchev–Trinajstić information content (AvgIpc) is 3.34. The smallest absolute Gasteiger partial charge is 0.267 e. The summed E-state index contributed by atoms with van der Waals surface area (Å²) in [6.07, 6.45) is 1.96. The van der Waals surface area contributed by atoms with Gasteiger partial charge < -0.3 is 4.90 Å². The van der Waals surface area contributed by atoms with E-state index in [1.165, 1.54) is 6.07 Å². The van der Waals surface area contributed by atoms with E-state index in [9.17, 15) is 22.0 Å². The van der Waals surface area contributed by atoms with E-state index in [1.54, 1.807) is 30.5 Å². The van der Waals surface area contributed by atoms with Gasteiger partial charge in [0.05, 0.1) is 21.7 Å². The number of hydrogen-bond donors (Lipinski definition) is 0. The molecule has 2 fully saturated rings. The van der Waals surface area contributed by atoms with Gasteiger partial charge in [0, 0.05) is 25.1 Å². The molecule has 1 aliphatic carbocycles. The van der Waals surface area contributed by atoms with Crippen molar-refractivity contribution < 1.29 is 22.0 Å². The average molecular weight is 489 g/mol. The molecule has 31 heavy (non-hydrogen) atoms. The zero-order chi connectivity index (χ0) is 22.4. The molecule has 1 saturated carbocycles. The number of nitrogens with zero attached hydrogens (tertiary/aromatic N) is 2. The van der Waals surface area contributed by atoms with Crippen LogP contribution in [-0.2, 0) is 14.6 Å². The van der Waals surface area contributed by atoms with E-state index in [1.807, 2.05) is 0 Å². The zero-order valence-electron chi connectivity index (χ0n) is 16.4. The van der Waals surface area contributed by atoms with Gasteiger partial charge in [0.2, 0.25) is 5.91 Å². The summed E-state index contributed by atoms with van der Waals surface area (Å²) in [6, 6.07) is 8.05. The zero-order valence-corrected chi connectivity index (χ0v) is 18.7. The van der Waals surface area contributed by atoms with Crippen molar-refractivity contribution in [1.82, 2.24) is 9.88 Å². The fraction of sp³-hybridized carbons (Fsp3) is 0.429. The van der Waals surface area contributed by atoms with Crippen molar-refractivity contribution in [1.29, 1.82) is 0 Å². The van der Waals surface area contributed by atoms with Gasteiger partial charge >= 0.3 is 0 Å². The van der Waals surface area contributed by atoms with Crippen LogP contribution in [0.25, 0.3) is 11.1 Å². The summed E-state index contributed by atoms with van der Waals surface area (Å²) >= 11 is 12.2. The minimum absolute atomic E-state index is 0.00359. The predicted molar refractivity (Wildman–Crippen MR) is 114 cm³/mol. The molecule has 5 nitrogen and oxygen atoms in total. The van der Waals surface area contributed by atoms with E-state index in [0.717, 1.165) is 10.5 Å². The first kappa shape index (κ1) is 22.4. The lowest BCUT2D eigenvalue weighted by Gasteiger charge is -2.20. The Hall–Kier alpha value is -1.77. The van der Waals surface area contributed by atoms with Crippen LogP contribution in [0, 0.1) is 5.92 Å². The quantitative estimate of drug-likeness (QED) is 0.576. The summed E-state index contributed by atoms with van der Waals surface area (Å²) < 4.78 is 53.2. The SMILES string of the molecule is O=C([C@@H]1CC[C@@H](S(=O)(=O)c2ccc(-c3ccnc(Cl)c3)cc2Cl)C1)N1CCC(F)(F)C1. The third-order valence-electron chi connectivity index (χ3n) is 5.95. The molecule has 0 N–H and O–H groups in total. The number of benzene rings is 1. The number of carbonyl (C=O) groups excluding carboxylic acids is 1. The Morgan fingerprint density at radius 2 is 1.87 bits per heavy atom. The van der Waals surface area contributed by atoms with Gasteiger partial charge in [-0.2, -0.15) is 0 Å². The molecular weight excluding hydrogens is 469 g/mol. The maximum absolute atomic E-state index is 13.4. The van der Waals surface area contributed by atoms with Crippen LogP contribution in [0.2, 0.25) is 10.2 Å². The predicted octanol–water partition coefficient (Wildman–Crippen LogP) is 4.87. The molecule has 166 valence electrons. The molecule has 1 aromatic heterocycles. The van der Waals surface area contributed by atoms with Crippen LogP contribution >= 0.6 is 23.2 Å². The summed E-state index contributed by atoms with van der Waals surface area (Å²) in [5.74, 6) is -3.81. The van der Waals surface area contributed by atoms with Crippen LogP contribution in [0.15, 0.2) is 41.4 Å². The maximum Gasteiger partial charge on any atom is 0.267 e. The number of rotatable bonds is 4. The molecule has 0 unspecified atom stereocenters. The van der Waals surface area contributed by atoms with Gasteiger partial charge in [-0.25, -0.2) is 22.2 Å². The third kappa shape index (κ3) is 4.56. The molecule has 0 radical (unpaired) electrons. The molecule has 2 heterocycles. The van der Waals surface area contributed by atoms with Crippen LogP contribution < -0.4 is 0 Å². The van der Waals surface area contributed by atoms with E-state index in [2.05, 4.69) is 4.98 Å².